The summed E-state index contributed by atoms with van der Waals surface area (Å²) in [7, 11) is 0. The summed E-state index contributed by atoms with van der Waals surface area (Å²) in [4.78, 5) is 11.7. The second-order valence-corrected chi connectivity index (χ2v) is 4.55. The summed E-state index contributed by atoms with van der Waals surface area (Å²) in [5.74, 6) is 1.04. The number of rotatable bonds is 3. The number of nitrogens with one attached hydrogen (secondary N) is 1. The van der Waals surface area contributed by atoms with E-state index in [0.717, 1.165) is 24.2 Å². The van der Waals surface area contributed by atoms with Crippen molar-refractivity contribution >= 4 is 5.91 Å². The van der Waals surface area contributed by atoms with E-state index in [1.54, 1.807) is 0 Å². The quantitative estimate of drug-likeness (QED) is 0.871. The van der Waals surface area contributed by atoms with Crippen LogP contribution in [0.1, 0.15) is 43.4 Å². The lowest BCUT2D eigenvalue weighted by atomic mass is 9.98. The van der Waals surface area contributed by atoms with E-state index in [1.165, 1.54) is 5.56 Å². The van der Waals surface area contributed by atoms with Crippen molar-refractivity contribution in [3.05, 3.63) is 29.3 Å². The van der Waals surface area contributed by atoms with Gasteiger partial charge in [0.2, 0.25) is 5.91 Å². The molecule has 1 atom stereocenters. The number of hydrogen-bond acceptors (Lipinski definition) is 2. The van der Waals surface area contributed by atoms with Crippen LogP contribution >= 0.6 is 0 Å². The highest BCUT2D eigenvalue weighted by Gasteiger charge is 2.22. The highest BCUT2D eigenvalue weighted by atomic mass is 16.5. The lowest BCUT2D eigenvalue weighted by molar-refractivity contribution is -0.122. The SMILES string of the molecule is CCCC(=O)NC1CCOc2ccc(C)cc21. The predicted molar refractivity (Wildman–Crippen MR) is 67.1 cm³/mol. The molecule has 0 saturated carbocycles. The molecule has 0 radical (unpaired) electrons. The van der Waals surface area contributed by atoms with Gasteiger partial charge in [0.25, 0.3) is 0 Å². The maximum atomic E-state index is 11.7. The van der Waals surface area contributed by atoms with Gasteiger partial charge in [0.05, 0.1) is 12.6 Å². The zero-order valence-corrected chi connectivity index (χ0v) is 10.5. The summed E-state index contributed by atoms with van der Waals surface area (Å²) in [6.07, 6.45) is 2.33. The summed E-state index contributed by atoms with van der Waals surface area (Å²) >= 11 is 0. The monoisotopic (exact) mass is 233 g/mol. The van der Waals surface area contributed by atoms with Crippen molar-refractivity contribution in [2.75, 3.05) is 6.61 Å². The average Bonchev–Trinajstić information content (AvgIpc) is 2.30. The summed E-state index contributed by atoms with van der Waals surface area (Å²) in [6.45, 7) is 4.74. The van der Waals surface area contributed by atoms with Gasteiger partial charge in [-0.2, -0.15) is 0 Å². The van der Waals surface area contributed by atoms with Gasteiger partial charge in [-0.1, -0.05) is 24.6 Å². The van der Waals surface area contributed by atoms with Crippen molar-refractivity contribution in [3.63, 3.8) is 0 Å². The zero-order valence-electron chi connectivity index (χ0n) is 10.5. The predicted octanol–water partition coefficient (Wildman–Crippen LogP) is 2.73. The third-order valence-corrected chi connectivity index (χ3v) is 3.02. The minimum Gasteiger partial charge on any atom is -0.493 e. The molecule has 0 fully saturated rings. The molecule has 1 aromatic carbocycles. The Labute approximate surface area is 102 Å². The molecular weight excluding hydrogens is 214 g/mol. The number of carbonyl (C=O) groups excluding carboxylic acids is 1. The fourth-order valence-corrected chi connectivity index (χ4v) is 2.16. The number of amides is 1. The van der Waals surface area contributed by atoms with Gasteiger partial charge < -0.3 is 10.1 Å². The van der Waals surface area contributed by atoms with Gasteiger partial charge in [0, 0.05) is 18.4 Å². The first-order valence-corrected chi connectivity index (χ1v) is 6.23. The molecule has 1 aliphatic heterocycles. The Kier molecular flexibility index (Phi) is 3.67. The highest BCUT2D eigenvalue weighted by Crippen LogP contribution is 2.32. The molecule has 0 aliphatic carbocycles. The molecule has 3 heteroatoms. The van der Waals surface area contributed by atoms with Crippen LogP contribution in [0.25, 0.3) is 0 Å². The third-order valence-electron chi connectivity index (χ3n) is 3.02. The van der Waals surface area contributed by atoms with Gasteiger partial charge in [0.1, 0.15) is 5.75 Å². The summed E-state index contributed by atoms with van der Waals surface area (Å²) in [6, 6.07) is 6.24. The van der Waals surface area contributed by atoms with E-state index in [4.69, 9.17) is 4.74 Å². The fourth-order valence-electron chi connectivity index (χ4n) is 2.16. The fraction of sp³-hybridized carbons (Fsp3) is 0.500. The second-order valence-electron chi connectivity index (χ2n) is 4.55. The average molecular weight is 233 g/mol. The van der Waals surface area contributed by atoms with Crippen molar-refractivity contribution in [2.24, 2.45) is 0 Å². The van der Waals surface area contributed by atoms with Gasteiger partial charge in [-0.25, -0.2) is 0 Å². The van der Waals surface area contributed by atoms with Crippen LogP contribution in [-0.4, -0.2) is 12.5 Å². The van der Waals surface area contributed by atoms with Crippen LogP contribution in [0, 0.1) is 6.92 Å². The molecule has 1 heterocycles. The molecule has 1 amide bonds. The smallest absolute Gasteiger partial charge is 0.220 e. The van der Waals surface area contributed by atoms with Crippen molar-refractivity contribution in [1.82, 2.24) is 5.32 Å². The molecule has 1 aliphatic rings. The Balaban J connectivity index is 2.16. The Morgan fingerprint density at radius 1 is 1.53 bits per heavy atom. The van der Waals surface area contributed by atoms with E-state index in [0.29, 0.717) is 13.0 Å². The largest absolute Gasteiger partial charge is 0.493 e. The summed E-state index contributed by atoms with van der Waals surface area (Å²) in [5.41, 5.74) is 2.31. The van der Waals surface area contributed by atoms with Crippen LogP contribution in [0.5, 0.6) is 5.75 Å². The first kappa shape index (κ1) is 12.0. The third kappa shape index (κ3) is 2.78. The van der Waals surface area contributed by atoms with Crippen molar-refractivity contribution in [2.45, 2.75) is 39.2 Å². The number of carbonyl (C=O) groups is 1. The normalized spacial score (nSPS) is 18.1. The van der Waals surface area contributed by atoms with Gasteiger partial charge in [-0.15, -0.1) is 0 Å². The molecule has 92 valence electrons. The zero-order chi connectivity index (χ0) is 12.3. The van der Waals surface area contributed by atoms with Gasteiger partial charge in [-0.05, 0) is 19.4 Å². The number of fused-ring (bicyclic) bond motifs is 1. The van der Waals surface area contributed by atoms with Crippen LogP contribution in [0.4, 0.5) is 0 Å². The topological polar surface area (TPSA) is 38.3 Å². The van der Waals surface area contributed by atoms with E-state index in [-0.39, 0.29) is 11.9 Å². The first-order chi connectivity index (χ1) is 8.20. The van der Waals surface area contributed by atoms with E-state index < -0.39 is 0 Å². The minimum absolute atomic E-state index is 0.109. The summed E-state index contributed by atoms with van der Waals surface area (Å²) in [5, 5.41) is 3.08. The maximum absolute atomic E-state index is 11.7. The molecule has 0 aromatic heterocycles. The Morgan fingerprint density at radius 2 is 2.35 bits per heavy atom. The minimum atomic E-state index is 0.109. The molecule has 1 aromatic rings. The maximum Gasteiger partial charge on any atom is 0.220 e. The van der Waals surface area contributed by atoms with Crippen molar-refractivity contribution in [3.8, 4) is 5.75 Å². The van der Waals surface area contributed by atoms with E-state index in [9.17, 15) is 4.79 Å². The molecule has 2 rings (SSSR count). The molecule has 1 unspecified atom stereocenters. The lowest BCUT2D eigenvalue weighted by Gasteiger charge is -2.27. The van der Waals surface area contributed by atoms with E-state index in [1.807, 2.05) is 19.1 Å². The van der Waals surface area contributed by atoms with Crippen LogP contribution in [0.15, 0.2) is 18.2 Å². The Morgan fingerprint density at radius 3 is 3.12 bits per heavy atom. The van der Waals surface area contributed by atoms with Crippen LogP contribution < -0.4 is 10.1 Å². The second kappa shape index (κ2) is 5.21. The molecular formula is C14H19NO2. The van der Waals surface area contributed by atoms with Crippen LogP contribution in [0.2, 0.25) is 0 Å². The highest BCUT2D eigenvalue weighted by molar-refractivity contribution is 5.76. The number of ether oxygens (including phenoxy) is 1. The van der Waals surface area contributed by atoms with E-state index in [2.05, 4.69) is 18.3 Å². The van der Waals surface area contributed by atoms with Crippen LogP contribution in [0.3, 0.4) is 0 Å². The molecule has 0 spiro atoms. The molecule has 0 saturated heterocycles. The van der Waals surface area contributed by atoms with Gasteiger partial charge in [0.15, 0.2) is 0 Å². The number of benzene rings is 1. The van der Waals surface area contributed by atoms with Gasteiger partial charge >= 0.3 is 0 Å². The first-order valence-electron chi connectivity index (χ1n) is 6.23. The van der Waals surface area contributed by atoms with Crippen molar-refractivity contribution < 1.29 is 9.53 Å². The lowest BCUT2D eigenvalue weighted by Crippen LogP contribution is -2.31. The van der Waals surface area contributed by atoms with Gasteiger partial charge in [-0.3, -0.25) is 4.79 Å². The molecule has 17 heavy (non-hydrogen) atoms. The standard InChI is InChI=1S/C14H19NO2/c1-3-4-14(16)15-12-7-8-17-13-6-5-10(2)9-11(12)13/h5-6,9,12H,3-4,7-8H2,1-2H3,(H,15,16). The summed E-state index contributed by atoms with van der Waals surface area (Å²) < 4.78 is 5.60. The molecule has 0 bridgehead atoms. The number of aryl methyl sites for hydroxylation is 1. The Hall–Kier alpha value is -1.51. The molecule has 3 nitrogen and oxygen atoms in total. The Bertz CT molecular complexity index is 415. The molecule has 1 N–H and O–H groups in total. The number of hydrogen-bond donors (Lipinski definition) is 1. The van der Waals surface area contributed by atoms with E-state index >= 15 is 0 Å². The van der Waals surface area contributed by atoms with Crippen molar-refractivity contribution in [1.29, 1.82) is 0 Å². The van der Waals surface area contributed by atoms with Crippen LogP contribution in [-0.2, 0) is 4.79 Å².